The van der Waals surface area contributed by atoms with Gasteiger partial charge in [0.2, 0.25) is 0 Å². The summed E-state index contributed by atoms with van der Waals surface area (Å²) < 4.78 is 5.34. The summed E-state index contributed by atoms with van der Waals surface area (Å²) in [6.45, 7) is 6.14. The van der Waals surface area contributed by atoms with Crippen LogP contribution in [0.25, 0.3) is 0 Å². The summed E-state index contributed by atoms with van der Waals surface area (Å²) >= 11 is 0. The molecule has 0 aromatic carbocycles. The van der Waals surface area contributed by atoms with Gasteiger partial charge in [0, 0.05) is 31.9 Å². The number of hydrogen-bond donors (Lipinski definition) is 1. The Hall–Kier alpha value is -2.18. The quantitative estimate of drug-likeness (QED) is 0.916. The molecule has 0 spiro atoms. The minimum absolute atomic E-state index is 0.269. The van der Waals surface area contributed by atoms with Gasteiger partial charge in [-0.2, -0.15) is 0 Å². The predicted octanol–water partition coefficient (Wildman–Crippen LogP) is 2.12. The predicted molar refractivity (Wildman–Crippen MR) is 82.8 cm³/mol. The van der Waals surface area contributed by atoms with Gasteiger partial charge in [-0.1, -0.05) is 0 Å². The van der Waals surface area contributed by atoms with Crippen LogP contribution in [0.5, 0.6) is 0 Å². The summed E-state index contributed by atoms with van der Waals surface area (Å²) in [5.41, 5.74) is -1.49. The van der Waals surface area contributed by atoms with Crippen LogP contribution in [-0.4, -0.2) is 50.7 Å². The second kappa shape index (κ2) is 6.52. The number of carboxylic acids is 1. The molecule has 1 amide bonds. The lowest BCUT2D eigenvalue weighted by Crippen LogP contribution is -2.49. The van der Waals surface area contributed by atoms with E-state index in [0.717, 1.165) is 0 Å². The van der Waals surface area contributed by atoms with E-state index in [9.17, 15) is 14.7 Å². The molecule has 1 aromatic heterocycles. The normalized spacial score (nSPS) is 17.6. The van der Waals surface area contributed by atoms with Crippen LogP contribution in [0.1, 0.15) is 39.4 Å². The summed E-state index contributed by atoms with van der Waals surface area (Å²) in [4.78, 5) is 33.7. The lowest BCUT2D eigenvalue weighted by molar-refractivity contribution is -0.152. The van der Waals surface area contributed by atoms with Gasteiger partial charge in [-0.15, -0.1) is 0 Å². The summed E-state index contributed by atoms with van der Waals surface area (Å²) in [6, 6.07) is 1.70. The van der Waals surface area contributed by atoms with Gasteiger partial charge in [-0.25, -0.2) is 14.8 Å². The molecule has 0 saturated carbocycles. The van der Waals surface area contributed by atoms with Crippen LogP contribution in [0.3, 0.4) is 0 Å². The first kappa shape index (κ1) is 17.2. The van der Waals surface area contributed by atoms with E-state index >= 15 is 0 Å². The van der Waals surface area contributed by atoms with E-state index in [4.69, 9.17) is 4.74 Å². The van der Waals surface area contributed by atoms with E-state index in [1.54, 1.807) is 23.4 Å². The topological polar surface area (TPSA) is 92.6 Å². The van der Waals surface area contributed by atoms with E-state index in [2.05, 4.69) is 9.97 Å². The number of carboxylic acid groups (broad SMARTS) is 1. The van der Waals surface area contributed by atoms with Gasteiger partial charge >= 0.3 is 12.1 Å². The Bertz CT molecular complexity index is 560. The number of nitrogens with zero attached hydrogens (tertiary/aromatic N) is 3. The van der Waals surface area contributed by atoms with Crippen LogP contribution in [0.4, 0.5) is 4.79 Å². The van der Waals surface area contributed by atoms with Gasteiger partial charge in [-0.05, 0) is 39.7 Å². The molecule has 1 N–H and O–H groups in total. The molecular weight excluding hydrogens is 298 g/mol. The first-order valence-electron chi connectivity index (χ1n) is 7.69. The summed E-state index contributed by atoms with van der Waals surface area (Å²) in [5, 5.41) is 9.67. The van der Waals surface area contributed by atoms with Crippen molar-refractivity contribution in [3.8, 4) is 0 Å². The standard InChI is InChI=1S/C16H23N3O4/c1-15(2,3)23-14(22)19-9-5-16(6-10-19,13(20)21)11-12-17-7-4-8-18-12/h4,7-8H,5-6,9-11H2,1-3H3,(H,20,21). The number of carbonyl (C=O) groups excluding carboxylic acids is 1. The minimum atomic E-state index is -0.931. The van der Waals surface area contributed by atoms with Crippen molar-refractivity contribution in [3.63, 3.8) is 0 Å². The highest BCUT2D eigenvalue weighted by Crippen LogP contribution is 2.35. The Morgan fingerprint density at radius 1 is 1.26 bits per heavy atom. The molecule has 1 aliphatic heterocycles. The van der Waals surface area contributed by atoms with Crippen molar-refractivity contribution < 1.29 is 19.4 Å². The van der Waals surface area contributed by atoms with Gasteiger partial charge < -0.3 is 14.7 Å². The first-order valence-corrected chi connectivity index (χ1v) is 7.69. The Kier molecular flexibility index (Phi) is 4.87. The number of ether oxygens (including phenoxy) is 1. The zero-order valence-electron chi connectivity index (χ0n) is 13.8. The third-order valence-corrected chi connectivity index (χ3v) is 3.94. The van der Waals surface area contributed by atoms with Crippen molar-refractivity contribution in [1.82, 2.24) is 14.9 Å². The second-order valence-corrected chi connectivity index (χ2v) is 6.89. The van der Waals surface area contributed by atoms with E-state index < -0.39 is 23.1 Å². The van der Waals surface area contributed by atoms with Crippen LogP contribution < -0.4 is 0 Å². The van der Waals surface area contributed by atoms with Gasteiger partial charge in [-0.3, -0.25) is 4.79 Å². The molecule has 7 heteroatoms. The number of rotatable bonds is 3. The third kappa shape index (κ3) is 4.40. The number of carbonyl (C=O) groups is 2. The largest absolute Gasteiger partial charge is 0.481 e. The molecule has 126 valence electrons. The van der Waals surface area contributed by atoms with Crippen LogP contribution in [0.2, 0.25) is 0 Å². The molecule has 2 rings (SSSR count). The minimum Gasteiger partial charge on any atom is -0.481 e. The molecule has 1 saturated heterocycles. The second-order valence-electron chi connectivity index (χ2n) is 6.89. The highest BCUT2D eigenvalue weighted by Gasteiger charge is 2.43. The summed E-state index contributed by atoms with van der Waals surface area (Å²) in [7, 11) is 0. The van der Waals surface area contributed by atoms with Crippen LogP contribution in [-0.2, 0) is 16.0 Å². The molecular formula is C16H23N3O4. The average molecular weight is 321 g/mol. The zero-order chi connectivity index (χ0) is 17.1. The highest BCUT2D eigenvalue weighted by molar-refractivity contribution is 5.76. The number of aliphatic carboxylic acids is 1. The van der Waals surface area contributed by atoms with E-state index in [-0.39, 0.29) is 6.42 Å². The Morgan fingerprint density at radius 3 is 2.30 bits per heavy atom. The van der Waals surface area contributed by atoms with E-state index in [1.807, 2.05) is 20.8 Å². The van der Waals surface area contributed by atoms with E-state index in [1.165, 1.54) is 0 Å². The Morgan fingerprint density at radius 2 is 1.83 bits per heavy atom. The van der Waals surface area contributed by atoms with Crippen molar-refractivity contribution in [3.05, 3.63) is 24.3 Å². The van der Waals surface area contributed by atoms with Gasteiger partial charge in [0.05, 0.1) is 5.41 Å². The van der Waals surface area contributed by atoms with Gasteiger partial charge in [0.25, 0.3) is 0 Å². The van der Waals surface area contributed by atoms with Crippen LogP contribution in [0.15, 0.2) is 18.5 Å². The molecule has 23 heavy (non-hydrogen) atoms. The molecule has 0 unspecified atom stereocenters. The number of amides is 1. The molecule has 0 radical (unpaired) electrons. The fourth-order valence-electron chi connectivity index (χ4n) is 2.63. The van der Waals surface area contributed by atoms with Crippen molar-refractivity contribution in [2.45, 2.75) is 45.6 Å². The van der Waals surface area contributed by atoms with Crippen molar-refractivity contribution in [2.75, 3.05) is 13.1 Å². The fraction of sp³-hybridized carbons (Fsp3) is 0.625. The molecule has 1 aliphatic rings. The Labute approximate surface area is 135 Å². The van der Waals surface area contributed by atoms with Gasteiger partial charge in [0.15, 0.2) is 0 Å². The number of hydrogen-bond acceptors (Lipinski definition) is 5. The fourth-order valence-corrected chi connectivity index (χ4v) is 2.63. The summed E-state index contributed by atoms with van der Waals surface area (Å²) in [6.07, 6.45) is 3.80. The highest BCUT2D eigenvalue weighted by atomic mass is 16.6. The molecule has 1 aromatic rings. The van der Waals surface area contributed by atoms with Crippen LogP contribution >= 0.6 is 0 Å². The number of aromatic nitrogens is 2. The maximum Gasteiger partial charge on any atom is 0.410 e. The lowest BCUT2D eigenvalue weighted by Gasteiger charge is -2.38. The third-order valence-electron chi connectivity index (χ3n) is 3.94. The van der Waals surface area contributed by atoms with Crippen LogP contribution in [0, 0.1) is 5.41 Å². The number of piperidine rings is 1. The monoisotopic (exact) mass is 321 g/mol. The molecule has 0 atom stereocenters. The smallest absolute Gasteiger partial charge is 0.410 e. The molecule has 0 bridgehead atoms. The van der Waals surface area contributed by atoms with Gasteiger partial charge in [0.1, 0.15) is 11.4 Å². The molecule has 0 aliphatic carbocycles. The zero-order valence-corrected chi connectivity index (χ0v) is 13.8. The molecule has 7 nitrogen and oxygen atoms in total. The van der Waals surface area contributed by atoms with Crippen molar-refractivity contribution >= 4 is 12.1 Å². The maximum atomic E-state index is 12.1. The maximum absolute atomic E-state index is 12.1. The average Bonchev–Trinajstić information content (AvgIpc) is 2.47. The summed E-state index contributed by atoms with van der Waals surface area (Å²) in [5.74, 6) is -0.352. The Balaban J connectivity index is 2.03. The molecule has 1 fully saturated rings. The first-order chi connectivity index (χ1) is 10.7. The SMILES string of the molecule is CC(C)(C)OC(=O)N1CCC(Cc2ncccn2)(C(=O)O)CC1. The number of likely N-dealkylation sites (tertiary alicyclic amines) is 1. The van der Waals surface area contributed by atoms with E-state index in [0.29, 0.717) is 31.8 Å². The van der Waals surface area contributed by atoms with Crippen molar-refractivity contribution in [2.24, 2.45) is 5.41 Å². The molecule has 2 heterocycles. The lowest BCUT2D eigenvalue weighted by atomic mass is 9.75. The van der Waals surface area contributed by atoms with Crippen molar-refractivity contribution in [1.29, 1.82) is 0 Å².